The number of methoxy groups -OCH3 is 1. The van der Waals surface area contributed by atoms with Crippen molar-refractivity contribution in [1.82, 2.24) is 0 Å². The van der Waals surface area contributed by atoms with Crippen LogP contribution >= 0.6 is 0 Å². The van der Waals surface area contributed by atoms with Crippen molar-refractivity contribution < 1.29 is 14.6 Å². The summed E-state index contributed by atoms with van der Waals surface area (Å²) in [5.74, 6) is -0.378. The summed E-state index contributed by atoms with van der Waals surface area (Å²) in [4.78, 5) is 16.0. The number of rotatable bonds is 5. The Morgan fingerprint density at radius 1 is 1.00 bits per heavy atom. The Morgan fingerprint density at radius 3 is 2.22 bits per heavy atom. The molecule has 0 amide bonds. The van der Waals surface area contributed by atoms with Gasteiger partial charge in [-0.2, -0.15) is 0 Å². The van der Waals surface area contributed by atoms with E-state index in [1.807, 2.05) is 49.4 Å². The molecule has 0 unspecified atom stereocenters. The lowest BCUT2D eigenvalue weighted by Gasteiger charge is -2.13. The third kappa shape index (κ3) is 3.90. The van der Waals surface area contributed by atoms with Crippen LogP contribution in [0.4, 0.5) is 5.69 Å². The number of aromatic carboxylic acids is 1. The standard InChI is InChI=1S/C23H21NO3/c1-15-13-20(23(25)26)16(2)21(22(15)27-3)24-14-17-9-11-19(12-10-17)18-7-5-4-6-8-18/h4-14H,1-3H3,(H,25,26). The third-order valence-corrected chi connectivity index (χ3v) is 4.49. The van der Waals surface area contributed by atoms with Crippen LogP contribution in [-0.2, 0) is 0 Å². The Labute approximate surface area is 158 Å². The van der Waals surface area contributed by atoms with E-state index in [2.05, 4.69) is 17.1 Å². The van der Waals surface area contributed by atoms with Gasteiger partial charge >= 0.3 is 5.97 Å². The highest BCUT2D eigenvalue weighted by molar-refractivity contribution is 5.93. The maximum absolute atomic E-state index is 11.5. The lowest BCUT2D eigenvalue weighted by molar-refractivity contribution is 0.0696. The highest BCUT2D eigenvalue weighted by Crippen LogP contribution is 2.36. The molecular weight excluding hydrogens is 338 g/mol. The lowest BCUT2D eigenvalue weighted by Crippen LogP contribution is -2.02. The van der Waals surface area contributed by atoms with Crippen molar-refractivity contribution in [3.8, 4) is 16.9 Å². The summed E-state index contributed by atoms with van der Waals surface area (Å²) in [6.45, 7) is 3.56. The minimum absolute atomic E-state index is 0.236. The molecule has 0 aromatic heterocycles. The molecule has 0 aliphatic carbocycles. The Morgan fingerprint density at radius 2 is 1.63 bits per heavy atom. The zero-order valence-corrected chi connectivity index (χ0v) is 15.6. The SMILES string of the molecule is COc1c(C)cc(C(=O)O)c(C)c1N=Cc1ccc(-c2ccccc2)cc1. The number of carboxylic acid groups (broad SMARTS) is 1. The second kappa shape index (κ2) is 7.87. The van der Waals surface area contributed by atoms with Gasteiger partial charge in [-0.1, -0.05) is 54.6 Å². The molecule has 4 nitrogen and oxygen atoms in total. The largest absolute Gasteiger partial charge is 0.494 e. The molecule has 0 bridgehead atoms. The van der Waals surface area contributed by atoms with Crippen LogP contribution in [0.25, 0.3) is 11.1 Å². The van der Waals surface area contributed by atoms with Gasteiger partial charge in [0.25, 0.3) is 0 Å². The van der Waals surface area contributed by atoms with E-state index >= 15 is 0 Å². The number of hydrogen-bond donors (Lipinski definition) is 1. The normalized spacial score (nSPS) is 10.9. The first kappa shape index (κ1) is 18.4. The van der Waals surface area contributed by atoms with Crippen molar-refractivity contribution in [2.45, 2.75) is 13.8 Å². The zero-order chi connectivity index (χ0) is 19.4. The lowest BCUT2D eigenvalue weighted by atomic mass is 10.0. The van der Waals surface area contributed by atoms with Gasteiger partial charge in [0.2, 0.25) is 0 Å². The number of ether oxygens (including phenoxy) is 1. The Kier molecular flexibility index (Phi) is 5.36. The van der Waals surface area contributed by atoms with Crippen molar-refractivity contribution in [3.63, 3.8) is 0 Å². The van der Waals surface area contributed by atoms with Crippen molar-refractivity contribution >= 4 is 17.9 Å². The summed E-state index contributed by atoms with van der Waals surface area (Å²) in [6, 6.07) is 19.8. The molecule has 0 heterocycles. The molecule has 1 N–H and O–H groups in total. The molecule has 0 atom stereocenters. The molecule has 136 valence electrons. The Hall–Kier alpha value is -3.40. The fourth-order valence-corrected chi connectivity index (χ4v) is 3.04. The van der Waals surface area contributed by atoms with Crippen molar-refractivity contribution in [1.29, 1.82) is 0 Å². The number of hydrogen-bond acceptors (Lipinski definition) is 3. The molecule has 0 aliphatic heterocycles. The predicted octanol–water partition coefficient (Wildman–Crippen LogP) is 5.43. The van der Waals surface area contributed by atoms with Gasteiger partial charge in [0, 0.05) is 6.21 Å². The number of benzene rings is 3. The summed E-state index contributed by atoms with van der Waals surface area (Å²) in [6.07, 6.45) is 1.73. The number of aliphatic imine (C=N–C) groups is 1. The van der Waals surface area contributed by atoms with Crippen molar-refractivity contribution in [2.24, 2.45) is 4.99 Å². The van der Waals surface area contributed by atoms with E-state index in [-0.39, 0.29) is 5.56 Å². The average molecular weight is 359 g/mol. The van der Waals surface area contributed by atoms with Crippen LogP contribution in [0, 0.1) is 13.8 Å². The van der Waals surface area contributed by atoms with Crippen LogP contribution in [0.2, 0.25) is 0 Å². The molecule has 3 aromatic carbocycles. The first-order chi connectivity index (χ1) is 13.0. The molecule has 0 saturated heterocycles. The summed E-state index contributed by atoms with van der Waals surface area (Å²) >= 11 is 0. The van der Waals surface area contributed by atoms with Gasteiger partial charge in [-0.15, -0.1) is 0 Å². The predicted molar refractivity (Wildman–Crippen MR) is 109 cm³/mol. The molecule has 0 saturated carbocycles. The van der Waals surface area contributed by atoms with E-state index in [9.17, 15) is 9.90 Å². The smallest absolute Gasteiger partial charge is 0.336 e. The molecule has 0 fully saturated rings. The first-order valence-electron chi connectivity index (χ1n) is 8.62. The molecule has 3 rings (SSSR count). The molecule has 27 heavy (non-hydrogen) atoms. The van der Waals surface area contributed by atoms with Gasteiger partial charge in [-0.3, -0.25) is 4.99 Å². The minimum Gasteiger partial charge on any atom is -0.494 e. The number of nitrogens with zero attached hydrogens (tertiary/aromatic N) is 1. The molecule has 4 heteroatoms. The average Bonchev–Trinajstić information content (AvgIpc) is 2.69. The van der Waals surface area contributed by atoms with Crippen LogP contribution in [0.1, 0.15) is 27.0 Å². The summed E-state index contributed by atoms with van der Waals surface area (Å²) in [5.41, 5.74) is 5.32. The van der Waals surface area contributed by atoms with Gasteiger partial charge in [0.1, 0.15) is 11.4 Å². The summed E-state index contributed by atoms with van der Waals surface area (Å²) in [5, 5.41) is 9.41. The third-order valence-electron chi connectivity index (χ3n) is 4.49. The second-order valence-corrected chi connectivity index (χ2v) is 6.30. The van der Waals surface area contributed by atoms with E-state index in [0.717, 1.165) is 22.3 Å². The Bertz CT molecular complexity index is 990. The van der Waals surface area contributed by atoms with E-state index in [4.69, 9.17) is 4.74 Å². The topological polar surface area (TPSA) is 58.9 Å². The van der Waals surface area contributed by atoms with E-state index in [1.54, 1.807) is 26.3 Å². The van der Waals surface area contributed by atoms with Crippen LogP contribution in [0.5, 0.6) is 5.75 Å². The molecule has 0 spiro atoms. The van der Waals surface area contributed by atoms with Crippen LogP contribution in [-0.4, -0.2) is 24.4 Å². The quantitative estimate of drug-likeness (QED) is 0.618. The van der Waals surface area contributed by atoms with Gasteiger partial charge in [0.05, 0.1) is 12.7 Å². The second-order valence-electron chi connectivity index (χ2n) is 6.30. The van der Waals surface area contributed by atoms with Gasteiger partial charge in [0.15, 0.2) is 0 Å². The first-order valence-corrected chi connectivity index (χ1v) is 8.62. The van der Waals surface area contributed by atoms with Gasteiger partial charge in [-0.05, 0) is 47.7 Å². The van der Waals surface area contributed by atoms with Crippen molar-refractivity contribution in [3.05, 3.63) is 82.9 Å². The van der Waals surface area contributed by atoms with E-state index < -0.39 is 5.97 Å². The Balaban J connectivity index is 1.95. The molecule has 0 aliphatic rings. The minimum atomic E-state index is -0.970. The molecule has 3 aromatic rings. The zero-order valence-electron chi connectivity index (χ0n) is 15.6. The van der Waals surface area contributed by atoms with E-state index in [1.165, 1.54) is 0 Å². The van der Waals surface area contributed by atoms with Crippen LogP contribution in [0.15, 0.2) is 65.7 Å². The van der Waals surface area contributed by atoms with Crippen LogP contribution in [0.3, 0.4) is 0 Å². The summed E-state index contributed by atoms with van der Waals surface area (Å²) < 4.78 is 5.45. The number of aryl methyl sites for hydroxylation is 1. The van der Waals surface area contributed by atoms with Crippen LogP contribution < -0.4 is 4.74 Å². The maximum Gasteiger partial charge on any atom is 0.336 e. The summed E-state index contributed by atoms with van der Waals surface area (Å²) in [7, 11) is 1.57. The fraction of sp³-hybridized carbons (Fsp3) is 0.130. The highest BCUT2D eigenvalue weighted by Gasteiger charge is 2.17. The van der Waals surface area contributed by atoms with Gasteiger partial charge in [-0.25, -0.2) is 4.79 Å². The van der Waals surface area contributed by atoms with Crippen molar-refractivity contribution in [2.75, 3.05) is 7.11 Å². The van der Waals surface area contributed by atoms with Gasteiger partial charge < -0.3 is 9.84 Å². The number of carboxylic acids is 1. The highest BCUT2D eigenvalue weighted by atomic mass is 16.5. The molecule has 0 radical (unpaired) electrons. The monoisotopic (exact) mass is 359 g/mol. The van der Waals surface area contributed by atoms with E-state index in [0.29, 0.717) is 17.0 Å². The number of carbonyl (C=O) groups is 1. The maximum atomic E-state index is 11.5. The molecular formula is C23H21NO3. The fourth-order valence-electron chi connectivity index (χ4n) is 3.04.